The highest BCUT2D eigenvalue weighted by molar-refractivity contribution is 6.18. The van der Waals surface area contributed by atoms with Gasteiger partial charge in [0.25, 0.3) is 0 Å². The largest absolute Gasteiger partial charge is 0.416 e. The van der Waals surface area contributed by atoms with E-state index < -0.39 is 23.5 Å². The zero-order chi connectivity index (χ0) is 24.0. The molecule has 34 heavy (non-hydrogen) atoms. The number of halogens is 4. The zero-order valence-corrected chi connectivity index (χ0v) is 17.7. The molecule has 0 aliphatic carbocycles. The molecule has 0 unspecified atom stereocenters. The SMILES string of the molecule is NC(=O)c1cccc2c1c1ccc(-c3ccccc3)cc1n2Cc1cc(C(F)(F)F)ccc1F. The molecule has 0 fully saturated rings. The Bertz CT molecular complexity index is 1550. The van der Waals surface area contributed by atoms with Crippen molar-refractivity contribution < 1.29 is 22.4 Å². The van der Waals surface area contributed by atoms with Gasteiger partial charge in [-0.25, -0.2) is 4.39 Å². The van der Waals surface area contributed by atoms with Crippen LogP contribution in [0.25, 0.3) is 32.9 Å². The number of fused-ring (bicyclic) bond motifs is 3. The Hall–Kier alpha value is -4.13. The van der Waals surface area contributed by atoms with E-state index in [1.165, 1.54) is 0 Å². The van der Waals surface area contributed by atoms with Gasteiger partial charge in [-0.3, -0.25) is 4.79 Å². The van der Waals surface area contributed by atoms with Crippen LogP contribution in [0.15, 0.2) is 84.9 Å². The first-order chi connectivity index (χ1) is 16.2. The number of carbonyl (C=O) groups is 1. The predicted molar refractivity (Wildman–Crippen MR) is 124 cm³/mol. The molecule has 3 nitrogen and oxygen atoms in total. The van der Waals surface area contributed by atoms with E-state index in [9.17, 15) is 22.4 Å². The van der Waals surface area contributed by atoms with Crippen molar-refractivity contribution in [2.75, 3.05) is 0 Å². The third-order valence-electron chi connectivity index (χ3n) is 5.97. The highest BCUT2D eigenvalue weighted by Crippen LogP contribution is 2.36. The van der Waals surface area contributed by atoms with Crippen LogP contribution < -0.4 is 5.73 Å². The molecule has 1 heterocycles. The Kier molecular flexibility index (Phi) is 5.12. The number of rotatable bonds is 4. The van der Waals surface area contributed by atoms with Crippen molar-refractivity contribution in [1.29, 1.82) is 0 Å². The van der Waals surface area contributed by atoms with E-state index in [1.54, 1.807) is 22.8 Å². The second kappa shape index (κ2) is 8.02. The second-order valence-electron chi connectivity index (χ2n) is 8.05. The minimum Gasteiger partial charge on any atom is -0.366 e. The van der Waals surface area contributed by atoms with Crippen LogP contribution in [0.2, 0.25) is 0 Å². The lowest BCUT2D eigenvalue weighted by molar-refractivity contribution is -0.137. The van der Waals surface area contributed by atoms with Crippen molar-refractivity contribution in [3.8, 4) is 11.1 Å². The molecule has 0 spiro atoms. The van der Waals surface area contributed by atoms with E-state index in [0.29, 0.717) is 27.4 Å². The summed E-state index contributed by atoms with van der Waals surface area (Å²) in [5.41, 5.74) is 7.93. The summed E-state index contributed by atoms with van der Waals surface area (Å²) < 4.78 is 56.2. The van der Waals surface area contributed by atoms with Crippen LogP contribution in [0.4, 0.5) is 17.6 Å². The molecule has 0 aliphatic heterocycles. The van der Waals surface area contributed by atoms with Crippen molar-refractivity contribution in [2.45, 2.75) is 12.7 Å². The smallest absolute Gasteiger partial charge is 0.366 e. The molecule has 0 saturated heterocycles. The van der Waals surface area contributed by atoms with E-state index in [1.807, 2.05) is 48.5 Å². The maximum atomic E-state index is 14.6. The highest BCUT2D eigenvalue weighted by atomic mass is 19.4. The number of aromatic nitrogens is 1. The van der Waals surface area contributed by atoms with Crippen LogP contribution in [-0.4, -0.2) is 10.5 Å². The average Bonchev–Trinajstić information content (AvgIpc) is 3.13. The topological polar surface area (TPSA) is 48.0 Å². The summed E-state index contributed by atoms with van der Waals surface area (Å²) in [5, 5.41) is 1.29. The third kappa shape index (κ3) is 3.69. The van der Waals surface area contributed by atoms with Crippen LogP contribution in [0, 0.1) is 5.82 Å². The van der Waals surface area contributed by atoms with Gasteiger partial charge in [-0.05, 0) is 47.5 Å². The molecular weight excluding hydrogens is 444 g/mol. The van der Waals surface area contributed by atoms with Gasteiger partial charge >= 0.3 is 6.18 Å². The Labute approximate surface area is 192 Å². The van der Waals surface area contributed by atoms with Gasteiger partial charge in [0.1, 0.15) is 5.82 Å². The first-order valence-electron chi connectivity index (χ1n) is 10.5. The molecule has 170 valence electrons. The molecule has 1 amide bonds. The van der Waals surface area contributed by atoms with E-state index in [4.69, 9.17) is 5.73 Å². The van der Waals surface area contributed by atoms with Crippen molar-refractivity contribution in [1.82, 2.24) is 4.57 Å². The van der Waals surface area contributed by atoms with Gasteiger partial charge < -0.3 is 10.3 Å². The molecule has 0 aliphatic rings. The monoisotopic (exact) mass is 462 g/mol. The van der Waals surface area contributed by atoms with Crippen molar-refractivity contribution >= 4 is 27.7 Å². The molecule has 5 rings (SSSR count). The molecule has 1 aromatic heterocycles. The molecular formula is C27H18F4N2O. The van der Waals surface area contributed by atoms with Crippen LogP contribution in [0.3, 0.4) is 0 Å². The van der Waals surface area contributed by atoms with Gasteiger partial charge in [-0.1, -0.05) is 48.5 Å². The quantitative estimate of drug-likeness (QED) is 0.295. The number of hydrogen-bond donors (Lipinski definition) is 1. The Balaban J connectivity index is 1.79. The lowest BCUT2D eigenvalue weighted by atomic mass is 10.0. The lowest BCUT2D eigenvalue weighted by Gasteiger charge is -2.13. The number of amides is 1. The van der Waals surface area contributed by atoms with E-state index >= 15 is 0 Å². The molecule has 0 bridgehead atoms. The van der Waals surface area contributed by atoms with Gasteiger partial charge in [-0.15, -0.1) is 0 Å². The van der Waals surface area contributed by atoms with Crippen LogP contribution in [0.5, 0.6) is 0 Å². The van der Waals surface area contributed by atoms with Crippen LogP contribution in [0.1, 0.15) is 21.5 Å². The summed E-state index contributed by atoms with van der Waals surface area (Å²) in [6.07, 6.45) is -4.59. The van der Waals surface area contributed by atoms with E-state index in [0.717, 1.165) is 29.3 Å². The minimum atomic E-state index is -4.59. The van der Waals surface area contributed by atoms with Crippen molar-refractivity contribution in [2.24, 2.45) is 5.73 Å². The van der Waals surface area contributed by atoms with Gasteiger partial charge in [0.15, 0.2) is 0 Å². The minimum absolute atomic E-state index is 0.108. The standard InChI is InChI=1S/C27H18F4N2O/c28-22-12-10-19(27(29,30)31)13-18(22)15-33-23-8-4-7-21(26(32)34)25(23)20-11-9-17(14-24(20)33)16-5-2-1-3-6-16/h1-14H,15H2,(H2,32,34). The normalized spacial score (nSPS) is 11.9. The molecule has 0 atom stereocenters. The van der Waals surface area contributed by atoms with Gasteiger partial charge in [0.05, 0.1) is 23.1 Å². The van der Waals surface area contributed by atoms with Crippen LogP contribution >= 0.6 is 0 Å². The third-order valence-corrected chi connectivity index (χ3v) is 5.97. The fourth-order valence-electron chi connectivity index (χ4n) is 4.37. The number of benzene rings is 4. The van der Waals surface area contributed by atoms with Gasteiger partial charge in [0.2, 0.25) is 5.91 Å². The van der Waals surface area contributed by atoms with Crippen LogP contribution in [-0.2, 0) is 12.7 Å². The molecule has 0 saturated carbocycles. The number of nitrogens with zero attached hydrogens (tertiary/aromatic N) is 1. The summed E-state index contributed by atoms with van der Waals surface area (Å²) in [5.74, 6) is -1.37. The number of carbonyl (C=O) groups excluding carboxylic acids is 1. The number of primary amides is 1. The van der Waals surface area contributed by atoms with Crippen molar-refractivity contribution in [3.05, 3.63) is 107 Å². The summed E-state index contributed by atoms with van der Waals surface area (Å²) >= 11 is 0. The second-order valence-corrected chi connectivity index (χ2v) is 8.05. The van der Waals surface area contributed by atoms with E-state index in [-0.39, 0.29) is 12.1 Å². The Morgan fingerprint density at radius 1 is 0.824 bits per heavy atom. The average molecular weight is 462 g/mol. The Morgan fingerprint density at radius 2 is 1.59 bits per heavy atom. The molecule has 7 heteroatoms. The molecule has 5 aromatic rings. The highest BCUT2D eigenvalue weighted by Gasteiger charge is 2.31. The zero-order valence-electron chi connectivity index (χ0n) is 17.7. The number of nitrogens with two attached hydrogens (primary N) is 1. The first kappa shape index (κ1) is 21.7. The summed E-state index contributed by atoms with van der Waals surface area (Å²) in [6, 6.07) is 22.6. The van der Waals surface area contributed by atoms with E-state index in [2.05, 4.69) is 0 Å². The summed E-state index contributed by atoms with van der Waals surface area (Å²) in [4.78, 5) is 12.2. The molecule has 0 radical (unpaired) electrons. The van der Waals surface area contributed by atoms with Gasteiger partial charge in [0, 0.05) is 21.9 Å². The molecule has 4 aromatic carbocycles. The fourth-order valence-corrected chi connectivity index (χ4v) is 4.37. The van der Waals surface area contributed by atoms with Gasteiger partial charge in [-0.2, -0.15) is 13.2 Å². The summed E-state index contributed by atoms with van der Waals surface area (Å²) in [7, 11) is 0. The summed E-state index contributed by atoms with van der Waals surface area (Å²) in [6.45, 7) is -0.157. The first-order valence-corrected chi connectivity index (χ1v) is 10.5. The Morgan fingerprint density at radius 3 is 2.29 bits per heavy atom. The lowest BCUT2D eigenvalue weighted by Crippen LogP contribution is -2.11. The molecule has 2 N–H and O–H groups in total. The fraction of sp³-hybridized carbons (Fsp3) is 0.0741. The van der Waals surface area contributed by atoms with Crippen molar-refractivity contribution in [3.63, 3.8) is 0 Å². The predicted octanol–water partition coefficient (Wildman–Crippen LogP) is 6.77. The number of alkyl halides is 3. The number of hydrogen-bond acceptors (Lipinski definition) is 1. The maximum Gasteiger partial charge on any atom is 0.416 e. The maximum absolute atomic E-state index is 14.6.